The third-order valence-corrected chi connectivity index (χ3v) is 4.21. The van der Waals surface area contributed by atoms with Gasteiger partial charge in [-0.05, 0) is 38.6 Å². The fourth-order valence-corrected chi connectivity index (χ4v) is 3.09. The van der Waals surface area contributed by atoms with E-state index in [0.717, 1.165) is 43.1 Å². The maximum Gasteiger partial charge on any atom is 0.127 e. The second kappa shape index (κ2) is 5.95. The van der Waals surface area contributed by atoms with E-state index in [0.29, 0.717) is 0 Å². The van der Waals surface area contributed by atoms with Gasteiger partial charge in [-0.3, -0.25) is 0 Å². The van der Waals surface area contributed by atoms with Gasteiger partial charge in [0.2, 0.25) is 0 Å². The van der Waals surface area contributed by atoms with Crippen molar-refractivity contribution in [3.05, 3.63) is 29.6 Å². The summed E-state index contributed by atoms with van der Waals surface area (Å²) in [6.45, 7) is 7.61. The van der Waals surface area contributed by atoms with E-state index in [-0.39, 0.29) is 11.5 Å². The first-order valence-electron chi connectivity index (χ1n) is 7.45. The molecule has 1 aliphatic heterocycles. The quantitative estimate of drug-likeness (QED) is 0.817. The predicted octanol–water partition coefficient (Wildman–Crippen LogP) is 2.98. The number of halogens is 1. The van der Waals surface area contributed by atoms with E-state index in [1.165, 1.54) is 5.56 Å². The lowest BCUT2D eigenvalue weighted by Gasteiger charge is -2.30. The van der Waals surface area contributed by atoms with Crippen molar-refractivity contribution in [2.45, 2.75) is 31.9 Å². The first kappa shape index (κ1) is 14.8. The molecule has 1 aliphatic rings. The van der Waals surface area contributed by atoms with Gasteiger partial charge in [0, 0.05) is 13.1 Å². The van der Waals surface area contributed by atoms with Crippen LogP contribution in [0.5, 0.6) is 0 Å². The zero-order chi connectivity index (χ0) is 15.0. The maximum absolute atomic E-state index is 6.33. The topological polar surface area (TPSA) is 30.3 Å². The Bertz CT molecular complexity index is 638. The lowest BCUT2D eigenvalue weighted by molar-refractivity contribution is -0.0272. The third-order valence-electron chi connectivity index (χ3n) is 4.02. The molecule has 2 atom stereocenters. The van der Waals surface area contributed by atoms with Crippen LogP contribution < -0.4 is 0 Å². The van der Waals surface area contributed by atoms with Gasteiger partial charge in [0.1, 0.15) is 5.82 Å². The lowest BCUT2D eigenvalue weighted by atomic mass is 10.2. The Morgan fingerprint density at radius 3 is 3.00 bits per heavy atom. The van der Waals surface area contributed by atoms with E-state index < -0.39 is 0 Å². The van der Waals surface area contributed by atoms with Crippen LogP contribution in [0.3, 0.4) is 0 Å². The molecule has 0 amide bonds. The van der Waals surface area contributed by atoms with Crippen molar-refractivity contribution in [1.82, 2.24) is 14.5 Å². The van der Waals surface area contributed by atoms with Crippen LogP contribution in [0.4, 0.5) is 0 Å². The molecule has 0 N–H and O–H groups in total. The number of rotatable bonds is 3. The number of hydrogen-bond donors (Lipinski definition) is 0. The molecule has 0 radical (unpaired) electrons. The average molecular weight is 308 g/mol. The number of morpholine rings is 1. The van der Waals surface area contributed by atoms with E-state index >= 15 is 0 Å². The van der Waals surface area contributed by atoms with Crippen molar-refractivity contribution in [3.8, 4) is 0 Å². The van der Waals surface area contributed by atoms with Crippen LogP contribution in [0.1, 0.15) is 23.7 Å². The van der Waals surface area contributed by atoms with E-state index in [2.05, 4.69) is 41.6 Å². The summed E-state index contributed by atoms with van der Waals surface area (Å²) in [4.78, 5) is 7.01. The molecule has 114 valence electrons. The van der Waals surface area contributed by atoms with Gasteiger partial charge in [-0.15, -0.1) is 11.6 Å². The number of imidazole rings is 1. The van der Waals surface area contributed by atoms with Crippen LogP contribution >= 0.6 is 11.6 Å². The number of aryl methyl sites for hydroxylation is 1. The van der Waals surface area contributed by atoms with Crippen LogP contribution in [0, 0.1) is 6.92 Å². The van der Waals surface area contributed by atoms with E-state index in [4.69, 9.17) is 21.3 Å². The Labute approximate surface area is 130 Å². The highest BCUT2D eigenvalue weighted by molar-refractivity contribution is 6.20. The minimum Gasteiger partial charge on any atom is -0.374 e. The number of fused-ring (bicyclic) bond motifs is 1. The third kappa shape index (κ3) is 3.07. The first-order chi connectivity index (χ1) is 10.0. The number of hydrogen-bond acceptors (Lipinski definition) is 3. The monoisotopic (exact) mass is 307 g/mol. The highest BCUT2D eigenvalue weighted by Crippen LogP contribution is 2.26. The van der Waals surface area contributed by atoms with Gasteiger partial charge in [-0.25, -0.2) is 4.98 Å². The van der Waals surface area contributed by atoms with Crippen molar-refractivity contribution in [2.75, 3.05) is 26.7 Å². The van der Waals surface area contributed by atoms with Gasteiger partial charge in [0.25, 0.3) is 0 Å². The Hall–Kier alpha value is -1.10. The van der Waals surface area contributed by atoms with Gasteiger partial charge < -0.3 is 14.2 Å². The smallest absolute Gasteiger partial charge is 0.127 e. The minimum absolute atomic E-state index is 0.112. The Balaban J connectivity index is 1.98. The van der Waals surface area contributed by atoms with E-state index in [1.807, 2.05) is 6.92 Å². The molecule has 1 aromatic carbocycles. The largest absolute Gasteiger partial charge is 0.374 e. The van der Waals surface area contributed by atoms with Gasteiger partial charge in [0.15, 0.2) is 0 Å². The molecule has 2 aromatic rings. The Morgan fingerprint density at radius 1 is 1.48 bits per heavy atom. The lowest BCUT2D eigenvalue weighted by Crippen LogP contribution is -2.42. The van der Waals surface area contributed by atoms with Crippen molar-refractivity contribution < 1.29 is 4.74 Å². The molecule has 4 nitrogen and oxygen atoms in total. The highest BCUT2D eigenvalue weighted by Gasteiger charge is 2.22. The van der Waals surface area contributed by atoms with Crippen LogP contribution in [-0.4, -0.2) is 47.3 Å². The Morgan fingerprint density at radius 2 is 2.29 bits per heavy atom. The fraction of sp³-hybridized carbons (Fsp3) is 0.562. The molecule has 3 rings (SSSR count). The number of alkyl halides is 1. The summed E-state index contributed by atoms with van der Waals surface area (Å²) in [7, 11) is 2.14. The second-order valence-electron chi connectivity index (χ2n) is 5.94. The maximum atomic E-state index is 6.33. The first-order valence-corrected chi connectivity index (χ1v) is 7.89. The standard InChI is InChI=1S/C16H22ClN3O/c1-11-4-5-14-15(8-11)20(16(18-14)12(2)17)10-13-9-19(3)6-7-21-13/h4-5,8,12-13H,6-7,9-10H2,1-3H3. The summed E-state index contributed by atoms with van der Waals surface area (Å²) in [6, 6.07) is 6.34. The SMILES string of the molecule is Cc1ccc2nc(C(C)Cl)n(CC3CN(C)CCO3)c2c1. The summed E-state index contributed by atoms with van der Waals surface area (Å²) < 4.78 is 8.13. The number of nitrogens with zero attached hydrogens (tertiary/aromatic N) is 3. The van der Waals surface area contributed by atoms with Crippen LogP contribution in [0.25, 0.3) is 11.0 Å². The molecule has 1 aromatic heterocycles. The molecule has 1 fully saturated rings. The molecule has 0 bridgehead atoms. The van der Waals surface area contributed by atoms with Gasteiger partial charge in [-0.1, -0.05) is 6.07 Å². The zero-order valence-electron chi connectivity index (χ0n) is 12.8. The number of benzene rings is 1. The van der Waals surface area contributed by atoms with E-state index in [1.54, 1.807) is 0 Å². The minimum atomic E-state index is -0.112. The van der Waals surface area contributed by atoms with Crippen molar-refractivity contribution in [2.24, 2.45) is 0 Å². The summed E-state index contributed by atoms with van der Waals surface area (Å²) >= 11 is 6.33. The second-order valence-corrected chi connectivity index (χ2v) is 6.60. The van der Waals surface area contributed by atoms with Crippen LogP contribution in [0.15, 0.2) is 18.2 Å². The molecular weight excluding hydrogens is 286 g/mol. The van der Waals surface area contributed by atoms with Gasteiger partial charge in [-0.2, -0.15) is 0 Å². The molecule has 0 saturated carbocycles. The Kier molecular flexibility index (Phi) is 4.20. The summed E-state index contributed by atoms with van der Waals surface area (Å²) in [6.07, 6.45) is 0.191. The summed E-state index contributed by atoms with van der Waals surface area (Å²) in [5.74, 6) is 0.925. The number of aromatic nitrogens is 2. The summed E-state index contributed by atoms with van der Waals surface area (Å²) in [5, 5.41) is -0.112. The van der Waals surface area contributed by atoms with Crippen LogP contribution in [-0.2, 0) is 11.3 Å². The van der Waals surface area contributed by atoms with E-state index in [9.17, 15) is 0 Å². The zero-order valence-corrected chi connectivity index (χ0v) is 13.6. The fourth-order valence-electron chi connectivity index (χ4n) is 2.93. The molecule has 1 saturated heterocycles. The normalized spacial score (nSPS) is 21.8. The van der Waals surface area contributed by atoms with Crippen molar-refractivity contribution in [1.29, 1.82) is 0 Å². The van der Waals surface area contributed by atoms with Gasteiger partial charge >= 0.3 is 0 Å². The molecular formula is C16H22ClN3O. The van der Waals surface area contributed by atoms with Crippen LogP contribution in [0.2, 0.25) is 0 Å². The molecule has 0 spiro atoms. The van der Waals surface area contributed by atoms with Gasteiger partial charge in [0.05, 0.1) is 35.7 Å². The highest BCUT2D eigenvalue weighted by atomic mass is 35.5. The number of ether oxygens (including phenoxy) is 1. The average Bonchev–Trinajstić information content (AvgIpc) is 2.77. The predicted molar refractivity (Wildman–Crippen MR) is 86.0 cm³/mol. The number of likely N-dealkylation sites (N-methyl/N-ethyl adjacent to an activating group) is 1. The summed E-state index contributed by atoms with van der Waals surface area (Å²) in [5.41, 5.74) is 3.39. The van der Waals surface area contributed by atoms with Crippen molar-refractivity contribution in [3.63, 3.8) is 0 Å². The van der Waals surface area contributed by atoms with Crippen molar-refractivity contribution >= 4 is 22.6 Å². The molecule has 2 unspecified atom stereocenters. The molecule has 5 heteroatoms. The molecule has 0 aliphatic carbocycles. The molecule has 2 heterocycles. The molecule has 21 heavy (non-hydrogen) atoms.